The molecule has 102 valence electrons. The van der Waals surface area contributed by atoms with Gasteiger partial charge in [0.25, 0.3) is 5.91 Å². The second kappa shape index (κ2) is 5.39. The van der Waals surface area contributed by atoms with Gasteiger partial charge in [0.05, 0.1) is 17.5 Å². The average Bonchev–Trinajstić information content (AvgIpc) is 2.53. The van der Waals surface area contributed by atoms with Crippen molar-refractivity contribution in [1.82, 2.24) is 15.1 Å². The number of aliphatic hydroxyl groups is 1. The maximum Gasteiger partial charge on any atom is 0.271 e. The van der Waals surface area contributed by atoms with Crippen LogP contribution in [0.2, 0.25) is 0 Å². The fraction of sp³-hybridized carbons (Fsp3) is 0.667. The van der Waals surface area contributed by atoms with Crippen molar-refractivity contribution in [2.45, 2.75) is 32.8 Å². The smallest absolute Gasteiger partial charge is 0.271 e. The Balaban J connectivity index is 2.62. The molecule has 0 radical (unpaired) electrons. The molecule has 0 aliphatic heterocycles. The van der Waals surface area contributed by atoms with E-state index in [1.54, 1.807) is 14.0 Å². The molecule has 4 N–H and O–H groups in total. The summed E-state index contributed by atoms with van der Waals surface area (Å²) in [5.41, 5.74) is 5.38. The molecule has 0 spiro atoms. The summed E-state index contributed by atoms with van der Waals surface area (Å²) in [6.07, 6.45) is 2.05. The quantitative estimate of drug-likeness (QED) is 0.714. The zero-order chi connectivity index (χ0) is 13.9. The zero-order valence-electron chi connectivity index (χ0n) is 11.4. The molecule has 1 amide bonds. The molecule has 0 saturated heterocycles. The maximum atomic E-state index is 11.9. The van der Waals surface area contributed by atoms with E-state index < -0.39 is 5.60 Å². The number of rotatable bonds is 5. The highest BCUT2D eigenvalue weighted by Crippen LogP contribution is 2.16. The van der Waals surface area contributed by atoms with E-state index in [9.17, 15) is 9.90 Å². The number of aromatic nitrogens is 2. The predicted octanol–water partition coefficient (Wildman–Crippen LogP) is 0.529. The molecule has 6 nitrogen and oxygen atoms in total. The topological polar surface area (TPSA) is 93.2 Å². The Kier molecular flexibility index (Phi) is 4.34. The van der Waals surface area contributed by atoms with Crippen LogP contribution in [0.15, 0.2) is 6.20 Å². The SMILES string of the molecule is CC(C)CC(C)(O)CNC(=O)c1c(N)cnn1C. The molecule has 1 aromatic heterocycles. The van der Waals surface area contributed by atoms with Crippen molar-refractivity contribution in [2.24, 2.45) is 13.0 Å². The van der Waals surface area contributed by atoms with Crippen LogP contribution in [-0.4, -0.2) is 32.9 Å². The van der Waals surface area contributed by atoms with Crippen LogP contribution >= 0.6 is 0 Å². The first-order chi connectivity index (χ1) is 8.23. The zero-order valence-corrected chi connectivity index (χ0v) is 11.4. The molecule has 0 saturated carbocycles. The minimum absolute atomic E-state index is 0.189. The van der Waals surface area contributed by atoms with Gasteiger partial charge in [0.15, 0.2) is 0 Å². The summed E-state index contributed by atoms with van der Waals surface area (Å²) in [5.74, 6) is 0.0372. The highest BCUT2D eigenvalue weighted by Gasteiger charge is 2.24. The van der Waals surface area contributed by atoms with E-state index in [-0.39, 0.29) is 12.5 Å². The van der Waals surface area contributed by atoms with Gasteiger partial charge in [0, 0.05) is 13.6 Å². The number of nitrogens with zero attached hydrogens (tertiary/aromatic N) is 2. The highest BCUT2D eigenvalue weighted by molar-refractivity contribution is 5.97. The molecule has 1 aromatic rings. The van der Waals surface area contributed by atoms with E-state index in [0.717, 1.165) is 0 Å². The van der Waals surface area contributed by atoms with Gasteiger partial charge < -0.3 is 16.2 Å². The molecule has 1 atom stereocenters. The van der Waals surface area contributed by atoms with Crippen LogP contribution in [0.1, 0.15) is 37.7 Å². The molecule has 1 rings (SSSR count). The van der Waals surface area contributed by atoms with Gasteiger partial charge in [-0.25, -0.2) is 0 Å². The van der Waals surface area contributed by atoms with Crippen LogP contribution in [0.3, 0.4) is 0 Å². The molecule has 6 heteroatoms. The normalized spacial score (nSPS) is 14.6. The van der Waals surface area contributed by atoms with E-state index in [4.69, 9.17) is 5.73 Å². The number of anilines is 1. The Morgan fingerprint density at radius 3 is 2.72 bits per heavy atom. The second-order valence-corrected chi connectivity index (χ2v) is 5.35. The number of hydrogen-bond donors (Lipinski definition) is 3. The highest BCUT2D eigenvalue weighted by atomic mass is 16.3. The first kappa shape index (κ1) is 14.5. The number of amides is 1. The number of carbonyl (C=O) groups excluding carboxylic acids is 1. The van der Waals surface area contributed by atoms with E-state index in [0.29, 0.717) is 23.7 Å². The van der Waals surface area contributed by atoms with E-state index in [1.807, 2.05) is 13.8 Å². The number of nitrogens with one attached hydrogen (secondary N) is 1. The first-order valence-electron chi connectivity index (χ1n) is 6.01. The molecule has 0 aliphatic carbocycles. The van der Waals surface area contributed by atoms with Crippen molar-refractivity contribution in [2.75, 3.05) is 12.3 Å². The number of carbonyl (C=O) groups is 1. The molecule has 18 heavy (non-hydrogen) atoms. The fourth-order valence-corrected chi connectivity index (χ4v) is 2.04. The van der Waals surface area contributed by atoms with Crippen LogP contribution in [0.25, 0.3) is 0 Å². The Morgan fingerprint density at radius 2 is 2.28 bits per heavy atom. The summed E-state index contributed by atoms with van der Waals surface area (Å²) in [6, 6.07) is 0. The van der Waals surface area contributed by atoms with Crippen molar-refractivity contribution in [3.8, 4) is 0 Å². The standard InChI is InChI=1S/C12H22N4O2/c1-8(2)5-12(3,18)7-14-11(17)10-9(13)6-15-16(10)4/h6,8,18H,5,7,13H2,1-4H3,(H,14,17). The second-order valence-electron chi connectivity index (χ2n) is 5.35. The molecule has 1 heterocycles. The number of hydrogen-bond acceptors (Lipinski definition) is 4. The van der Waals surface area contributed by atoms with Crippen LogP contribution in [0, 0.1) is 5.92 Å². The van der Waals surface area contributed by atoms with Crippen molar-refractivity contribution in [3.63, 3.8) is 0 Å². The summed E-state index contributed by atoms with van der Waals surface area (Å²) in [7, 11) is 1.65. The maximum absolute atomic E-state index is 11.9. The lowest BCUT2D eigenvalue weighted by atomic mass is 9.94. The fourth-order valence-electron chi connectivity index (χ4n) is 2.04. The van der Waals surface area contributed by atoms with Gasteiger partial charge in [-0.05, 0) is 19.3 Å². The van der Waals surface area contributed by atoms with Crippen LogP contribution in [-0.2, 0) is 7.05 Å². The van der Waals surface area contributed by atoms with Crippen molar-refractivity contribution < 1.29 is 9.90 Å². The summed E-state index contributed by atoms with van der Waals surface area (Å²) in [6.45, 7) is 5.94. The number of nitrogen functional groups attached to an aromatic ring is 1. The monoisotopic (exact) mass is 254 g/mol. The van der Waals surface area contributed by atoms with E-state index in [1.165, 1.54) is 10.9 Å². The third kappa shape index (κ3) is 3.73. The minimum atomic E-state index is -0.919. The molecule has 0 bridgehead atoms. The van der Waals surface area contributed by atoms with Crippen molar-refractivity contribution >= 4 is 11.6 Å². The Bertz CT molecular complexity index is 404. The Labute approximate surface area is 107 Å². The molecular formula is C12H22N4O2. The van der Waals surface area contributed by atoms with Crippen LogP contribution < -0.4 is 11.1 Å². The molecule has 0 aromatic carbocycles. The van der Waals surface area contributed by atoms with Crippen molar-refractivity contribution in [3.05, 3.63) is 11.9 Å². The largest absolute Gasteiger partial charge is 0.396 e. The summed E-state index contributed by atoms with van der Waals surface area (Å²) < 4.78 is 1.42. The third-order valence-electron chi connectivity index (χ3n) is 2.66. The van der Waals surface area contributed by atoms with Crippen LogP contribution in [0.5, 0.6) is 0 Å². The van der Waals surface area contributed by atoms with E-state index in [2.05, 4.69) is 10.4 Å². The first-order valence-corrected chi connectivity index (χ1v) is 6.01. The van der Waals surface area contributed by atoms with Gasteiger partial charge in [-0.2, -0.15) is 5.10 Å². The minimum Gasteiger partial charge on any atom is -0.396 e. The lowest BCUT2D eigenvalue weighted by molar-refractivity contribution is 0.0367. The average molecular weight is 254 g/mol. The van der Waals surface area contributed by atoms with Crippen molar-refractivity contribution in [1.29, 1.82) is 0 Å². The lowest BCUT2D eigenvalue weighted by Gasteiger charge is -2.25. The van der Waals surface area contributed by atoms with Gasteiger partial charge in [0.1, 0.15) is 5.69 Å². The molecule has 0 aliphatic rings. The summed E-state index contributed by atoms with van der Waals surface area (Å²) in [4.78, 5) is 11.9. The summed E-state index contributed by atoms with van der Waals surface area (Å²) in [5, 5.41) is 16.7. The number of aryl methyl sites for hydroxylation is 1. The van der Waals surface area contributed by atoms with Gasteiger partial charge in [0.2, 0.25) is 0 Å². The van der Waals surface area contributed by atoms with E-state index >= 15 is 0 Å². The third-order valence-corrected chi connectivity index (χ3v) is 2.66. The molecular weight excluding hydrogens is 232 g/mol. The van der Waals surface area contributed by atoms with Gasteiger partial charge in [-0.15, -0.1) is 0 Å². The Hall–Kier alpha value is -1.56. The molecule has 0 fully saturated rings. The summed E-state index contributed by atoms with van der Waals surface area (Å²) >= 11 is 0. The van der Waals surface area contributed by atoms with Crippen LogP contribution in [0.4, 0.5) is 5.69 Å². The number of nitrogens with two attached hydrogens (primary N) is 1. The van der Waals surface area contributed by atoms with Gasteiger partial charge in [-0.3, -0.25) is 9.48 Å². The lowest BCUT2D eigenvalue weighted by Crippen LogP contribution is -2.42. The van der Waals surface area contributed by atoms with Gasteiger partial charge in [-0.1, -0.05) is 13.8 Å². The Morgan fingerprint density at radius 1 is 1.67 bits per heavy atom. The predicted molar refractivity (Wildman–Crippen MR) is 70.0 cm³/mol. The van der Waals surface area contributed by atoms with Gasteiger partial charge >= 0.3 is 0 Å². The molecule has 1 unspecified atom stereocenters.